The van der Waals surface area contributed by atoms with Crippen LogP contribution in [-0.2, 0) is 11.3 Å². The molecule has 0 aromatic carbocycles. The van der Waals surface area contributed by atoms with E-state index in [9.17, 15) is 9.59 Å². The van der Waals surface area contributed by atoms with Crippen LogP contribution in [0.15, 0.2) is 61.7 Å². The Hall–Kier alpha value is -3.02. The molecule has 0 radical (unpaired) electrons. The summed E-state index contributed by atoms with van der Waals surface area (Å²) in [7, 11) is 0. The molecular formula is C21H26N4O2. The van der Waals surface area contributed by atoms with Crippen molar-refractivity contribution in [2.24, 2.45) is 5.92 Å². The summed E-state index contributed by atoms with van der Waals surface area (Å²) in [6.45, 7) is 9.95. The van der Waals surface area contributed by atoms with Crippen LogP contribution in [0.1, 0.15) is 36.7 Å². The van der Waals surface area contributed by atoms with E-state index >= 15 is 0 Å². The maximum absolute atomic E-state index is 13.4. The van der Waals surface area contributed by atoms with Crippen LogP contribution >= 0.6 is 0 Å². The highest BCUT2D eigenvalue weighted by Gasteiger charge is 2.44. The maximum Gasteiger partial charge on any atom is 0.255 e. The SMILES string of the molecule is C=CCNC(=O)C(C)(C(C)C)N(Cc1ccncc1)C(=O)c1ccncc1. The summed E-state index contributed by atoms with van der Waals surface area (Å²) >= 11 is 0. The fourth-order valence-corrected chi connectivity index (χ4v) is 2.81. The molecular weight excluding hydrogens is 340 g/mol. The van der Waals surface area contributed by atoms with Crippen molar-refractivity contribution in [1.29, 1.82) is 0 Å². The topological polar surface area (TPSA) is 75.2 Å². The van der Waals surface area contributed by atoms with E-state index in [0.29, 0.717) is 18.7 Å². The van der Waals surface area contributed by atoms with Gasteiger partial charge < -0.3 is 10.2 Å². The minimum absolute atomic E-state index is 0.116. The van der Waals surface area contributed by atoms with E-state index in [4.69, 9.17) is 0 Å². The minimum atomic E-state index is -1.05. The van der Waals surface area contributed by atoms with Crippen LogP contribution in [0.2, 0.25) is 0 Å². The molecule has 2 heterocycles. The average molecular weight is 366 g/mol. The standard InChI is InChI=1S/C21H26N4O2/c1-5-10-24-20(27)21(4,16(2)3)25(15-17-6-11-22-12-7-17)19(26)18-8-13-23-14-9-18/h5-9,11-14,16H,1,10,15H2,2-4H3,(H,24,27). The summed E-state index contributed by atoms with van der Waals surface area (Å²) in [6, 6.07) is 7.00. The second-order valence-corrected chi connectivity index (χ2v) is 6.78. The average Bonchev–Trinajstić information content (AvgIpc) is 2.70. The van der Waals surface area contributed by atoms with E-state index in [0.717, 1.165) is 5.56 Å². The number of carbonyl (C=O) groups excluding carboxylic acids is 2. The quantitative estimate of drug-likeness (QED) is 0.729. The Kier molecular flexibility index (Phi) is 6.82. The molecule has 2 rings (SSSR count). The highest BCUT2D eigenvalue weighted by Crippen LogP contribution is 2.29. The number of pyridine rings is 2. The summed E-state index contributed by atoms with van der Waals surface area (Å²) in [5.41, 5.74) is 0.338. The molecule has 27 heavy (non-hydrogen) atoms. The van der Waals surface area contributed by atoms with Crippen LogP contribution in [0.3, 0.4) is 0 Å². The largest absolute Gasteiger partial charge is 0.351 e. The zero-order valence-electron chi connectivity index (χ0n) is 16.1. The first-order chi connectivity index (χ1) is 12.9. The third-order valence-electron chi connectivity index (χ3n) is 4.81. The van der Waals surface area contributed by atoms with Crippen LogP contribution in [0.4, 0.5) is 0 Å². The maximum atomic E-state index is 13.4. The molecule has 6 nitrogen and oxygen atoms in total. The second kappa shape index (κ2) is 9.07. The summed E-state index contributed by atoms with van der Waals surface area (Å²) in [4.78, 5) is 36.0. The lowest BCUT2D eigenvalue weighted by atomic mass is 9.84. The number of aromatic nitrogens is 2. The molecule has 1 unspecified atom stereocenters. The molecule has 0 aliphatic carbocycles. The molecule has 1 N–H and O–H groups in total. The number of amides is 2. The number of carbonyl (C=O) groups is 2. The normalized spacial score (nSPS) is 12.9. The second-order valence-electron chi connectivity index (χ2n) is 6.78. The Morgan fingerprint density at radius 2 is 1.70 bits per heavy atom. The highest BCUT2D eigenvalue weighted by molar-refractivity contribution is 5.99. The Balaban J connectivity index is 2.49. The van der Waals surface area contributed by atoms with Gasteiger partial charge in [0.1, 0.15) is 5.54 Å². The Labute approximate surface area is 160 Å². The van der Waals surface area contributed by atoms with Crippen molar-refractivity contribution in [3.05, 3.63) is 72.8 Å². The lowest BCUT2D eigenvalue weighted by Crippen LogP contribution is -2.61. The number of hydrogen-bond donors (Lipinski definition) is 1. The van der Waals surface area contributed by atoms with Crippen molar-refractivity contribution in [2.45, 2.75) is 32.9 Å². The molecule has 0 aliphatic heterocycles. The van der Waals surface area contributed by atoms with Crippen molar-refractivity contribution in [1.82, 2.24) is 20.2 Å². The molecule has 0 bridgehead atoms. The van der Waals surface area contributed by atoms with Crippen molar-refractivity contribution in [3.63, 3.8) is 0 Å². The lowest BCUT2D eigenvalue weighted by Gasteiger charge is -2.43. The molecule has 142 valence electrons. The predicted octanol–water partition coefficient (Wildman–Crippen LogP) is 2.84. The number of rotatable bonds is 8. The van der Waals surface area contributed by atoms with Gasteiger partial charge in [-0.1, -0.05) is 19.9 Å². The molecule has 0 aliphatic rings. The van der Waals surface area contributed by atoms with E-state index < -0.39 is 5.54 Å². The highest BCUT2D eigenvalue weighted by atomic mass is 16.2. The van der Waals surface area contributed by atoms with Gasteiger partial charge in [-0.05, 0) is 42.7 Å². The molecule has 2 aromatic rings. The monoisotopic (exact) mass is 366 g/mol. The van der Waals surface area contributed by atoms with Gasteiger partial charge in [-0.2, -0.15) is 0 Å². The minimum Gasteiger partial charge on any atom is -0.351 e. The zero-order chi connectivity index (χ0) is 19.9. The van der Waals surface area contributed by atoms with Gasteiger partial charge in [0.15, 0.2) is 0 Å². The molecule has 0 saturated carbocycles. The number of nitrogens with one attached hydrogen (secondary N) is 1. The van der Waals surface area contributed by atoms with Crippen molar-refractivity contribution in [2.75, 3.05) is 6.54 Å². The Morgan fingerprint density at radius 3 is 2.22 bits per heavy atom. The Morgan fingerprint density at radius 1 is 1.15 bits per heavy atom. The van der Waals surface area contributed by atoms with Crippen LogP contribution < -0.4 is 5.32 Å². The molecule has 0 saturated heterocycles. The van der Waals surface area contributed by atoms with E-state index in [2.05, 4.69) is 21.9 Å². The molecule has 6 heteroatoms. The molecule has 0 fully saturated rings. The number of hydrogen-bond acceptors (Lipinski definition) is 4. The predicted molar refractivity (Wildman–Crippen MR) is 105 cm³/mol. The van der Waals surface area contributed by atoms with Crippen molar-refractivity contribution < 1.29 is 9.59 Å². The van der Waals surface area contributed by atoms with Gasteiger partial charge in [-0.3, -0.25) is 19.6 Å². The molecule has 1 atom stereocenters. The first kappa shape index (κ1) is 20.3. The van der Waals surface area contributed by atoms with Gasteiger partial charge in [-0.15, -0.1) is 6.58 Å². The van der Waals surface area contributed by atoms with Gasteiger partial charge in [0, 0.05) is 43.4 Å². The summed E-state index contributed by atoms with van der Waals surface area (Å²) in [5.74, 6) is -0.553. The fraction of sp³-hybridized carbons (Fsp3) is 0.333. The van der Waals surface area contributed by atoms with E-state index in [1.165, 1.54) is 0 Å². The third kappa shape index (κ3) is 4.58. The smallest absolute Gasteiger partial charge is 0.255 e. The molecule has 2 aromatic heterocycles. The van der Waals surface area contributed by atoms with Crippen molar-refractivity contribution in [3.8, 4) is 0 Å². The zero-order valence-corrected chi connectivity index (χ0v) is 16.1. The van der Waals surface area contributed by atoms with Gasteiger partial charge >= 0.3 is 0 Å². The van der Waals surface area contributed by atoms with Gasteiger partial charge in [0.25, 0.3) is 5.91 Å². The van der Waals surface area contributed by atoms with Gasteiger partial charge in [0.2, 0.25) is 5.91 Å². The summed E-state index contributed by atoms with van der Waals surface area (Å²) in [6.07, 6.45) is 8.12. The number of nitrogens with zero attached hydrogens (tertiary/aromatic N) is 3. The summed E-state index contributed by atoms with van der Waals surface area (Å²) < 4.78 is 0. The van der Waals surface area contributed by atoms with Crippen molar-refractivity contribution >= 4 is 11.8 Å². The van der Waals surface area contributed by atoms with Crippen LogP contribution in [0, 0.1) is 5.92 Å². The van der Waals surface area contributed by atoms with Gasteiger partial charge in [-0.25, -0.2) is 0 Å². The van der Waals surface area contributed by atoms with Crippen LogP contribution in [-0.4, -0.2) is 38.8 Å². The fourth-order valence-electron chi connectivity index (χ4n) is 2.81. The first-order valence-electron chi connectivity index (χ1n) is 8.91. The van der Waals surface area contributed by atoms with E-state index in [-0.39, 0.29) is 17.7 Å². The summed E-state index contributed by atoms with van der Waals surface area (Å²) in [5, 5.41) is 2.85. The van der Waals surface area contributed by atoms with Crippen LogP contribution in [0.5, 0.6) is 0 Å². The lowest BCUT2D eigenvalue weighted by molar-refractivity contribution is -0.134. The van der Waals surface area contributed by atoms with E-state index in [1.54, 1.807) is 54.8 Å². The van der Waals surface area contributed by atoms with Crippen LogP contribution in [0.25, 0.3) is 0 Å². The first-order valence-corrected chi connectivity index (χ1v) is 8.91. The molecule has 0 spiro atoms. The third-order valence-corrected chi connectivity index (χ3v) is 4.81. The Bertz CT molecular complexity index is 777. The molecule has 2 amide bonds. The van der Waals surface area contributed by atoms with Gasteiger partial charge in [0.05, 0.1) is 0 Å². The van der Waals surface area contributed by atoms with E-state index in [1.807, 2.05) is 26.0 Å².